The van der Waals surface area contributed by atoms with E-state index in [-0.39, 0.29) is 11.9 Å². The highest BCUT2D eigenvalue weighted by atomic mass is 35.5. The van der Waals surface area contributed by atoms with Crippen molar-refractivity contribution in [3.8, 4) is 0 Å². The molecule has 1 aliphatic heterocycles. The molecule has 0 saturated carbocycles. The van der Waals surface area contributed by atoms with Gasteiger partial charge in [-0.15, -0.1) is 0 Å². The van der Waals surface area contributed by atoms with Crippen molar-refractivity contribution in [2.45, 2.75) is 18.9 Å². The maximum atomic E-state index is 12.6. The van der Waals surface area contributed by atoms with E-state index in [2.05, 4.69) is 4.90 Å². The van der Waals surface area contributed by atoms with Crippen molar-refractivity contribution in [1.82, 2.24) is 9.80 Å². The average Bonchev–Trinajstić information content (AvgIpc) is 2.78. The Hall–Kier alpha value is -1.26. The summed E-state index contributed by atoms with van der Waals surface area (Å²) in [6, 6.07) is 5.32. The van der Waals surface area contributed by atoms with E-state index in [9.17, 15) is 4.79 Å². The number of hydrogen-bond donors (Lipinski definition) is 1. The summed E-state index contributed by atoms with van der Waals surface area (Å²) in [5.41, 5.74) is 6.81. The minimum atomic E-state index is -0.0124. The Kier molecular flexibility index (Phi) is 4.32. The zero-order valence-electron chi connectivity index (χ0n) is 11.4. The molecule has 0 spiro atoms. The summed E-state index contributed by atoms with van der Waals surface area (Å²) in [6.07, 6.45) is 2.09. The highest BCUT2D eigenvalue weighted by Gasteiger charge is 2.30. The third-order valence-electron chi connectivity index (χ3n) is 3.43. The van der Waals surface area contributed by atoms with Crippen LogP contribution in [0.4, 0.5) is 5.69 Å². The Morgan fingerprint density at radius 2 is 2.26 bits per heavy atom. The van der Waals surface area contributed by atoms with Gasteiger partial charge in [-0.25, -0.2) is 0 Å². The van der Waals surface area contributed by atoms with E-state index in [1.54, 1.807) is 18.2 Å². The number of hydrogen-bond acceptors (Lipinski definition) is 3. The summed E-state index contributed by atoms with van der Waals surface area (Å²) in [7, 11) is 4.04. The summed E-state index contributed by atoms with van der Waals surface area (Å²) < 4.78 is 0. The van der Waals surface area contributed by atoms with Crippen LogP contribution in [0.15, 0.2) is 18.2 Å². The average molecular weight is 282 g/mol. The number of carbonyl (C=O) groups is 1. The number of nitrogens with zero attached hydrogens (tertiary/aromatic N) is 2. The second-order valence-electron chi connectivity index (χ2n) is 5.30. The molecule has 4 nitrogen and oxygen atoms in total. The quantitative estimate of drug-likeness (QED) is 0.863. The predicted molar refractivity (Wildman–Crippen MR) is 78.5 cm³/mol. The van der Waals surface area contributed by atoms with Gasteiger partial charge in [-0.2, -0.15) is 0 Å². The summed E-state index contributed by atoms with van der Waals surface area (Å²) >= 11 is 6.11. The van der Waals surface area contributed by atoms with Crippen LogP contribution < -0.4 is 5.73 Å². The van der Waals surface area contributed by atoms with E-state index in [4.69, 9.17) is 17.3 Å². The van der Waals surface area contributed by atoms with Crippen molar-refractivity contribution < 1.29 is 4.79 Å². The number of amides is 1. The van der Waals surface area contributed by atoms with Crippen LogP contribution in [0, 0.1) is 0 Å². The Morgan fingerprint density at radius 3 is 2.95 bits per heavy atom. The molecule has 1 unspecified atom stereocenters. The molecule has 1 aliphatic rings. The molecule has 5 heteroatoms. The van der Waals surface area contributed by atoms with Crippen LogP contribution in [0.2, 0.25) is 5.02 Å². The maximum absolute atomic E-state index is 12.6. The molecule has 1 aromatic rings. The number of halogens is 1. The molecule has 0 radical (unpaired) electrons. The highest BCUT2D eigenvalue weighted by Crippen LogP contribution is 2.25. The molecule has 2 rings (SSSR count). The lowest BCUT2D eigenvalue weighted by molar-refractivity contribution is 0.0716. The van der Waals surface area contributed by atoms with Gasteiger partial charge in [0.05, 0.1) is 10.6 Å². The third kappa shape index (κ3) is 3.19. The molecular weight excluding hydrogens is 262 g/mol. The first-order valence-electron chi connectivity index (χ1n) is 6.50. The fourth-order valence-corrected chi connectivity index (χ4v) is 2.77. The Labute approximate surface area is 119 Å². The first kappa shape index (κ1) is 14.2. The lowest BCUT2D eigenvalue weighted by Gasteiger charge is -2.27. The van der Waals surface area contributed by atoms with Gasteiger partial charge < -0.3 is 15.5 Å². The fraction of sp³-hybridized carbons (Fsp3) is 0.500. The molecular formula is C14H20ClN3O. The smallest absolute Gasteiger partial charge is 0.255 e. The number of rotatable bonds is 3. The Bertz CT molecular complexity index is 476. The number of anilines is 1. The van der Waals surface area contributed by atoms with Crippen LogP contribution in [-0.4, -0.2) is 48.9 Å². The molecule has 0 aliphatic carbocycles. The van der Waals surface area contributed by atoms with Gasteiger partial charge in [-0.3, -0.25) is 4.79 Å². The van der Waals surface area contributed by atoms with Crippen molar-refractivity contribution in [1.29, 1.82) is 0 Å². The number of likely N-dealkylation sites (N-methyl/N-ethyl adjacent to an activating group) is 1. The third-order valence-corrected chi connectivity index (χ3v) is 3.76. The van der Waals surface area contributed by atoms with E-state index < -0.39 is 0 Å². The fourth-order valence-electron chi connectivity index (χ4n) is 2.58. The second-order valence-corrected chi connectivity index (χ2v) is 5.70. The minimum absolute atomic E-state index is 0.0124. The van der Waals surface area contributed by atoms with E-state index in [1.165, 1.54) is 0 Å². The molecule has 1 amide bonds. The monoisotopic (exact) mass is 281 g/mol. The zero-order valence-corrected chi connectivity index (χ0v) is 12.2. The second kappa shape index (κ2) is 5.80. The molecule has 1 aromatic carbocycles. The Balaban J connectivity index is 2.20. The van der Waals surface area contributed by atoms with Gasteiger partial charge >= 0.3 is 0 Å². The molecule has 1 heterocycles. The molecule has 1 fully saturated rings. The molecule has 1 saturated heterocycles. The van der Waals surface area contributed by atoms with Gasteiger partial charge in [0.1, 0.15) is 0 Å². The van der Waals surface area contributed by atoms with E-state index in [0.717, 1.165) is 25.9 Å². The van der Waals surface area contributed by atoms with Gasteiger partial charge in [0.2, 0.25) is 0 Å². The first-order chi connectivity index (χ1) is 8.99. The van der Waals surface area contributed by atoms with Crippen molar-refractivity contribution in [2.75, 3.05) is 32.9 Å². The summed E-state index contributed by atoms with van der Waals surface area (Å²) in [5.74, 6) is -0.0124. The summed E-state index contributed by atoms with van der Waals surface area (Å²) in [4.78, 5) is 16.6. The molecule has 0 aromatic heterocycles. The molecule has 19 heavy (non-hydrogen) atoms. The predicted octanol–water partition coefficient (Wildman–Crippen LogP) is 2.09. The van der Waals surface area contributed by atoms with Crippen molar-refractivity contribution in [2.24, 2.45) is 0 Å². The van der Waals surface area contributed by atoms with E-state index in [1.807, 2.05) is 19.0 Å². The van der Waals surface area contributed by atoms with Gasteiger partial charge in [0.15, 0.2) is 0 Å². The summed E-state index contributed by atoms with van der Waals surface area (Å²) in [5, 5.41) is 0.467. The van der Waals surface area contributed by atoms with Gasteiger partial charge in [0.25, 0.3) is 5.91 Å². The van der Waals surface area contributed by atoms with Crippen LogP contribution in [0.3, 0.4) is 0 Å². The lowest BCUT2D eigenvalue weighted by Crippen LogP contribution is -2.41. The van der Waals surface area contributed by atoms with Crippen molar-refractivity contribution >= 4 is 23.2 Å². The number of nitrogen functional groups attached to an aromatic ring is 1. The van der Waals surface area contributed by atoms with E-state index >= 15 is 0 Å². The van der Waals surface area contributed by atoms with Crippen LogP contribution in [0.5, 0.6) is 0 Å². The molecule has 1 atom stereocenters. The Morgan fingerprint density at radius 1 is 1.53 bits per heavy atom. The van der Waals surface area contributed by atoms with Crippen LogP contribution in [-0.2, 0) is 0 Å². The van der Waals surface area contributed by atoms with Crippen molar-refractivity contribution in [3.63, 3.8) is 0 Å². The number of carbonyl (C=O) groups excluding carboxylic acids is 1. The SMILES string of the molecule is CN(C)CC1CCCN1C(=O)c1cc(N)ccc1Cl. The summed E-state index contributed by atoms with van der Waals surface area (Å²) in [6.45, 7) is 1.67. The van der Waals surface area contributed by atoms with Gasteiger partial charge in [-0.1, -0.05) is 11.6 Å². The standard InChI is InChI=1S/C14H20ClN3O/c1-17(2)9-11-4-3-7-18(11)14(19)12-8-10(16)5-6-13(12)15/h5-6,8,11H,3-4,7,9,16H2,1-2H3. The molecule has 0 bridgehead atoms. The minimum Gasteiger partial charge on any atom is -0.399 e. The topological polar surface area (TPSA) is 49.6 Å². The number of likely N-dealkylation sites (tertiary alicyclic amines) is 1. The number of benzene rings is 1. The number of nitrogens with two attached hydrogens (primary N) is 1. The van der Waals surface area contributed by atoms with Crippen molar-refractivity contribution in [3.05, 3.63) is 28.8 Å². The van der Waals surface area contributed by atoms with Crippen LogP contribution in [0.1, 0.15) is 23.2 Å². The first-order valence-corrected chi connectivity index (χ1v) is 6.87. The maximum Gasteiger partial charge on any atom is 0.255 e. The molecule has 2 N–H and O–H groups in total. The largest absolute Gasteiger partial charge is 0.399 e. The highest BCUT2D eigenvalue weighted by molar-refractivity contribution is 6.34. The van der Waals surface area contributed by atoms with Gasteiger partial charge in [-0.05, 0) is 45.1 Å². The van der Waals surface area contributed by atoms with E-state index in [0.29, 0.717) is 16.3 Å². The van der Waals surface area contributed by atoms with Crippen LogP contribution >= 0.6 is 11.6 Å². The van der Waals surface area contributed by atoms with Gasteiger partial charge in [0, 0.05) is 24.8 Å². The zero-order chi connectivity index (χ0) is 14.0. The molecule has 104 valence electrons. The normalized spacial score (nSPS) is 19.2. The van der Waals surface area contributed by atoms with Crippen LogP contribution in [0.25, 0.3) is 0 Å². The lowest BCUT2D eigenvalue weighted by atomic mass is 10.1.